The van der Waals surface area contributed by atoms with Gasteiger partial charge in [0.2, 0.25) is 0 Å². The van der Waals surface area contributed by atoms with Crippen LogP contribution in [-0.2, 0) is 5.41 Å². The van der Waals surface area contributed by atoms with Gasteiger partial charge in [-0.05, 0) is 80.6 Å². The SMILES string of the molecule is C=C(CC)C(c1nc2ccccc2s1)(c1nc2ccccc2s1)c1c(C)c(C)c(C)c(C)c1O. The van der Waals surface area contributed by atoms with Crippen LogP contribution in [0.1, 0.15) is 51.2 Å². The first-order valence-corrected chi connectivity index (χ1v) is 13.1. The molecule has 172 valence electrons. The molecule has 3 aromatic carbocycles. The molecule has 0 bridgehead atoms. The Balaban J connectivity index is 2.00. The fraction of sp³-hybridized carbons (Fsp3) is 0.241. The first-order valence-electron chi connectivity index (χ1n) is 11.5. The average molecular weight is 485 g/mol. The van der Waals surface area contributed by atoms with Crippen molar-refractivity contribution in [3.05, 3.63) is 98.5 Å². The monoisotopic (exact) mass is 484 g/mol. The van der Waals surface area contributed by atoms with E-state index in [0.29, 0.717) is 5.75 Å². The average Bonchev–Trinajstić information content (AvgIpc) is 3.48. The molecule has 3 nitrogen and oxygen atoms in total. The van der Waals surface area contributed by atoms with Gasteiger partial charge < -0.3 is 5.11 Å². The molecular formula is C29H28N2OS2. The van der Waals surface area contributed by atoms with Crippen LogP contribution in [0.5, 0.6) is 5.75 Å². The summed E-state index contributed by atoms with van der Waals surface area (Å²) in [5, 5.41) is 13.6. The van der Waals surface area contributed by atoms with Gasteiger partial charge in [0.05, 0.1) is 20.4 Å². The Morgan fingerprint density at radius 3 is 1.74 bits per heavy atom. The predicted octanol–water partition coefficient (Wildman–Crippen LogP) is 8.15. The maximum Gasteiger partial charge on any atom is 0.123 e. The number of fused-ring (bicyclic) bond motifs is 2. The van der Waals surface area contributed by atoms with Gasteiger partial charge in [-0.2, -0.15) is 0 Å². The molecule has 0 aliphatic carbocycles. The van der Waals surface area contributed by atoms with E-state index in [9.17, 15) is 5.11 Å². The number of aromatic hydroxyl groups is 1. The third kappa shape index (κ3) is 3.14. The van der Waals surface area contributed by atoms with E-state index in [2.05, 4.69) is 46.4 Å². The highest BCUT2D eigenvalue weighted by Gasteiger charge is 2.47. The van der Waals surface area contributed by atoms with Crippen molar-refractivity contribution >= 4 is 43.1 Å². The van der Waals surface area contributed by atoms with Crippen LogP contribution in [-0.4, -0.2) is 15.1 Å². The van der Waals surface area contributed by atoms with Crippen molar-refractivity contribution in [1.29, 1.82) is 0 Å². The smallest absolute Gasteiger partial charge is 0.123 e. The van der Waals surface area contributed by atoms with E-state index in [1.54, 1.807) is 22.7 Å². The lowest BCUT2D eigenvalue weighted by atomic mass is 9.70. The van der Waals surface area contributed by atoms with Gasteiger partial charge in [0.15, 0.2) is 0 Å². The van der Waals surface area contributed by atoms with E-state index in [1.807, 2.05) is 43.3 Å². The summed E-state index contributed by atoms with van der Waals surface area (Å²) in [5.74, 6) is 0.314. The highest BCUT2D eigenvalue weighted by Crippen LogP contribution is 2.54. The summed E-state index contributed by atoms with van der Waals surface area (Å²) in [7, 11) is 0. The van der Waals surface area contributed by atoms with E-state index < -0.39 is 5.41 Å². The van der Waals surface area contributed by atoms with E-state index >= 15 is 0 Å². The molecular weight excluding hydrogens is 456 g/mol. The van der Waals surface area contributed by atoms with Gasteiger partial charge in [-0.3, -0.25) is 0 Å². The van der Waals surface area contributed by atoms with E-state index in [1.165, 1.54) is 5.56 Å². The molecule has 0 radical (unpaired) electrons. The minimum absolute atomic E-state index is 0.314. The molecule has 0 aliphatic rings. The summed E-state index contributed by atoms with van der Waals surface area (Å²) < 4.78 is 2.23. The minimum atomic E-state index is -0.848. The minimum Gasteiger partial charge on any atom is -0.507 e. The van der Waals surface area contributed by atoms with Crippen LogP contribution in [0.3, 0.4) is 0 Å². The Morgan fingerprint density at radius 2 is 1.26 bits per heavy atom. The van der Waals surface area contributed by atoms with Crippen LogP contribution in [0, 0.1) is 27.7 Å². The molecule has 0 atom stereocenters. The highest BCUT2D eigenvalue weighted by atomic mass is 32.1. The van der Waals surface area contributed by atoms with E-state index in [4.69, 9.17) is 9.97 Å². The zero-order chi connectivity index (χ0) is 24.2. The zero-order valence-corrected chi connectivity index (χ0v) is 21.8. The molecule has 1 N–H and O–H groups in total. The maximum absolute atomic E-state index is 11.7. The lowest BCUT2D eigenvalue weighted by Gasteiger charge is -2.36. The summed E-state index contributed by atoms with van der Waals surface area (Å²) in [6.07, 6.45) is 0.733. The molecule has 0 aliphatic heterocycles. The third-order valence-electron chi connectivity index (χ3n) is 7.22. The van der Waals surface area contributed by atoms with Gasteiger partial charge in [0.25, 0.3) is 0 Å². The Morgan fingerprint density at radius 1 is 0.794 bits per heavy atom. The fourth-order valence-electron chi connectivity index (χ4n) is 4.87. The molecule has 5 rings (SSSR count). The molecule has 0 saturated heterocycles. The molecule has 0 spiro atoms. The summed E-state index contributed by atoms with van der Waals surface area (Å²) in [6.45, 7) is 15.0. The molecule has 5 aromatic rings. The number of phenols is 1. The Bertz CT molecular complexity index is 1410. The number of hydrogen-bond donors (Lipinski definition) is 1. The second kappa shape index (κ2) is 8.33. The Kier molecular flexibility index (Phi) is 5.58. The molecule has 2 aromatic heterocycles. The van der Waals surface area contributed by atoms with Crippen LogP contribution in [0.15, 0.2) is 60.7 Å². The van der Waals surface area contributed by atoms with Gasteiger partial charge in [0, 0.05) is 5.56 Å². The van der Waals surface area contributed by atoms with Crippen molar-refractivity contribution in [3.8, 4) is 5.75 Å². The van der Waals surface area contributed by atoms with Crippen molar-refractivity contribution in [1.82, 2.24) is 9.97 Å². The van der Waals surface area contributed by atoms with Gasteiger partial charge >= 0.3 is 0 Å². The maximum atomic E-state index is 11.7. The number of para-hydroxylation sites is 2. The second-order valence-electron chi connectivity index (χ2n) is 8.90. The van der Waals surface area contributed by atoms with Gasteiger partial charge in [-0.25, -0.2) is 9.97 Å². The standard InChI is InChI=1S/C29H28N2OS2/c1-7-16(2)29(27-30-21-12-8-10-14-23(21)33-27,28-31-22-13-9-11-15-24(22)34-28)25-19(5)17(3)18(4)20(6)26(25)32/h8-15,32H,2,7H2,1,3-6H3. The Labute approximate surface area is 208 Å². The van der Waals surface area contributed by atoms with Gasteiger partial charge in [-0.1, -0.05) is 43.3 Å². The number of allylic oxidation sites excluding steroid dienone is 1. The van der Waals surface area contributed by atoms with Crippen molar-refractivity contribution in [2.24, 2.45) is 0 Å². The first-order chi connectivity index (χ1) is 16.3. The Hall–Kier alpha value is -3.02. The van der Waals surface area contributed by atoms with Crippen LogP contribution in [0.2, 0.25) is 0 Å². The largest absolute Gasteiger partial charge is 0.507 e. The molecule has 34 heavy (non-hydrogen) atoms. The predicted molar refractivity (Wildman–Crippen MR) is 146 cm³/mol. The second-order valence-corrected chi connectivity index (χ2v) is 11.0. The van der Waals surface area contributed by atoms with Crippen molar-refractivity contribution in [2.75, 3.05) is 0 Å². The number of aromatic nitrogens is 2. The number of phenolic OH excluding ortho intramolecular Hbond substituents is 1. The van der Waals surface area contributed by atoms with Crippen molar-refractivity contribution < 1.29 is 5.11 Å². The van der Waals surface area contributed by atoms with Gasteiger partial charge in [-0.15, -0.1) is 22.7 Å². The number of rotatable bonds is 5. The summed E-state index contributed by atoms with van der Waals surface area (Å²) >= 11 is 3.33. The molecule has 0 saturated carbocycles. The normalized spacial score (nSPS) is 12.0. The van der Waals surface area contributed by atoms with Crippen LogP contribution in [0.25, 0.3) is 20.4 Å². The number of nitrogens with zero attached hydrogens (tertiary/aromatic N) is 2. The summed E-state index contributed by atoms with van der Waals surface area (Å²) in [4.78, 5) is 10.3. The van der Waals surface area contributed by atoms with E-state index in [-0.39, 0.29) is 0 Å². The lowest BCUT2D eigenvalue weighted by Crippen LogP contribution is -2.33. The number of benzene rings is 3. The highest BCUT2D eigenvalue weighted by molar-refractivity contribution is 7.20. The van der Waals surface area contributed by atoms with Crippen LogP contribution < -0.4 is 0 Å². The van der Waals surface area contributed by atoms with Crippen molar-refractivity contribution in [2.45, 2.75) is 46.5 Å². The quantitative estimate of drug-likeness (QED) is 0.256. The van der Waals surface area contributed by atoms with Crippen molar-refractivity contribution in [3.63, 3.8) is 0 Å². The molecule has 5 heteroatoms. The molecule has 0 unspecified atom stereocenters. The molecule has 0 amide bonds. The summed E-state index contributed by atoms with van der Waals surface area (Å²) in [5.41, 5.74) is 7.15. The third-order valence-corrected chi connectivity index (χ3v) is 9.53. The molecule has 0 fully saturated rings. The molecule has 2 heterocycles. The summed E-state index contributed by atoms with van der Waals surface area (Å²) in [6, 6.07) is 16.4. The van der Waals surface area contributed by atoms with Crippen LogP contribution >= 0.6 is 22.7 Å². The van der Waals surface area contributed by atoms with Crippen LogP contribution in [0.4, 0.5) is 0 Å². The van der Waals surface area contributed by atoms with E-state index in [0.717, 1.165) is 64.7 Å². The topological polar surface area (TPSA) is 46.0 Å². The first kappa shape index (κ1) is 22.8. The number of thiazole rings is 2. The van der Waals surface area contributed by atoms with Gasteiger partial charge in [0.1, 0.15) is 21.2 Å². The fourth-order valence-corrected chi connectivity index (χ4v) is 7.36. The zero-order valence-electron chi connectivity index (χ0n) is 20.2. The number of hydrogen-bond acceptors (Lipinski definition) is 5. The lowest BCUT2D eigenvalue weighted by molar-refractivity contribution is 0.452.